The smallest absolute Gasteiger partial charge is 0.201 e. The van der Waals surface area contributed by atoms with Crippen LogP contribution in [0.2, 0.25) is 0 Å². The molecule has 1 atom stereocenters. The Labute approximate surface area is 106 Å². The number of anilines is 1. The second kappa shape index (κ2) is 3.71. The number of imidazole rings is 1. The van der Waals surface area contributed by atoms with Crippen LogP contribution in [0.15, 0.2) is 18.2 Å². The van der Waals surface area contributed by atoms with Gasteiger partial charge >= 0.3 is 0 Å². The number of nitrogens with zero attached hydrogens (tertiary/aromatic N) is 2. The Balaban J connectivity index is 2.18. The van der Waals surface area contributed by atoms with E-state index in [9.17, 15) is 8.42 Å². The number of fused-ring (bicyclic) bond motifs is 1. The molecule has 1 aromatic carbocycles. The number of nitrogens with two attached hydrogens (primary N) is 1. The fraction of sp³-hybridized carbons (Fsp3) is 0.417. The number of aromatic nitrogens is 2. The first-order chi connectivity index (χ1) is 8.48. The van der Waals surface area contributed by atoms with Crippen molar-refractivity contribution in [2.45, 2.75) is 19.4 Å². The van der Waals surface area contributed by atoms with Crippen molar-refractivity contribution in [2.24, 2.45) is 0 Å². The van der Waals surface area contributed by atoms with Crippen LogP contribution in [-0.2, 0) is 9.84 Å². The van der Waals surface area contributed by atoms with E-state index in [1.807, 2.05) is 29.7 Å². The van der Waals surface area contributed by atoms with E-state index in [4.69, 9.17) is 5.73 Å². The van der Waals surface area contributed by atoms with Crippen molar-refractivity contribution >= 4 is 26.8 Å². The molecule has 5 nitrogen and oxygen atoms in total. The number of nitrogen functional groups attached to an aromatic ring is 1. The third kappa shape index (κ3) is 1.68. The van der Waals surface area contributed by atoms with Crippen LogP contribution in [0.25, 0.3) is 11.0 Å². The Morgan fingerprint density at radius 2 is 2.22 bits per heavy atom. The molecule has 1 saturated heterocycles. The zero-order valence-electron chi connectivity index (χ0n) is 10.1. The van der Waals surface area contributed by atoms with E-state index < -0.39 is 9.84 Å². The van der Waals surface area contributed by atoms with Crippen LogP contribution < -0.4 is 5.73 Å². The van der Waals surface area contributed by atoms with Gasteiger partial charge in [0.15, 0.2) is 9.84 Å². The molecule has 18 heavy (non-hydrogen) atoms. The van der Waals surface area contributed by atoms with Gasteiger partial charge in [0, 0.05) is 0 Å². The number of para-hydroxylation sites is 1. The maximum absolute atomic E-state index is 11.6. The van der Waals surface area contributed by atoms with Crippen LogP contribution in [0.5, 0.6) is 0 Å². The van der Waals surface area contributed by atoms with E-state index in [-0.39, 0.29) is 17.5 Å². The van der Waals surface area contributed by atoms with Crippen molar-refractivity contribution < 1.29 is 8.42 Å². The summed E-state index contributed by atoms with van der Waals surface area (Å²) in [5.41, 5.74) is 8.79. The highest BCUT2D eigenvalue weighted by molar-refractivity contribution is 7.91. The topological polar surface area (TPSA) is 78.0 Å². The molecule has 0 radical (unpaired) electrons. The van der Waals surface area contributed by atoms with Gasteiger partial charge in [0.1, 0.15) is 0 Å². The number of aryl methyl sites for hydroxylation is 1. The van der Waals surface area contributed by atoms with Crippen molar-refractivity contribution in [3.8, 4) is 0 Å². The molecule has 2 N–H and O–H groups in total. The highest BCUT2D eigenvalue weighted by atomic mass is 32.2. The van der Waals surface area contributed by atoms with Gasteiger partial charge in [-0.2, -0.15) is 0 Å². The molecule has 1 fully saturated rings. The van der Waals surface area contributed by atoms with Crippen LogP contribution in [0.3, 0.4) is 0 Å². The molecule has 0 amide bonds. The van der Waals surface area contributed by atoms with E-state index in [1.165, 1.54) is 0 Å². The molecule has 0 aliphatic carbocycles. The van der Waals surface area contributed by atoms with Crippen molar-refractivity contribution in [1.82, 2.24) is 9.55 Å². The average Bonchev–Trinajstić information content (AvgIpc) is 2.79. The summed E-state index contributed by atoms with van der Waals surface area (Å²) in [7, 11) is -2.92. The number of benzene rings is 1. The lowest BCUT2D eigenvalue weighted by Gasteiger charge is -2.12. The number of sulfone groups is 1. The summed E-state index contributed by atoms with van der Waals surface area (Å²) >= 11 is 0. The monoisotopic (exact) mass is 265 g/mol. The van der Waals surface area contributed by atoms with Crippen LogP contribution in [0.4, 0.5) is 5.95 Å². The van der Waals surface area contributed by atoms with Gasteiger partial charge in [0.25, 0.3) is 0 Å². The Kier molecular flexibility index (Phi) is 2.38. The SMILES string of the molecule is Cc1cccc2c1nc(N)n2C1CCS(=O)(=O)C1. The van der Waals surface area contributed by atoms with Crippen LogP contribution in [0, 0.1) is 6.92 Å². The zero-order valence-corrected chi connectivity index (χ0v) is 10.9. The van der Waals surface area contributed by atoms with Gasteiger partial charge in [-0.1, -0.05) is 12.1 Å². The summed E-state index contributed by atoms with van der Waals surface area (Å²) in [6, 6.07) is 5.78. The molecular formula is C12H15N3O2S. The second-order valence-corrected chi connectivity index (χ2v) is 7.07. The van der Waals surface area contributed by atoms with Gasteiger partial charge in [-0.15, -0.1) is 0 Å². The number of hydrogen-bond donors (Lipinski definition) is 1. The van der Waals surface area contributed by atoms with E-state index in [0.717, 1.165) is 16.6 Å². The minimum Gasteiger partial charge on any atom is -0.369 e. The molecule has 96 valence electrons. The van der Waals surface area contributed by atoms with Gasteiger partial charge in [-0.25, -0.2) is 13.4 Å². The van der Waals surface area contributed by atoms with Crippen molar-refractivity contribution in [2.75, 3.05) is 17.2 Å². The summed E-state index contributed by atoms with van der Waals surface area (Å²) in [5, 5.41) is 0. The Bertz CT molecular complexity index is 718. The normalized spacial score (nSPS) is 22.6. The van der Waals surface area contributed by atoms with Crippen LogP contribution in [-0.4, -0.2) is 29.5 Å². The summed E-state index contributed by atoms with van der Waals surface area (Å²) in [6.07, 6.45) is 0.617. The Morgan fingerprint density at radius 3 is 2.89 bits per heavy atom. The third-order valence-electron chi connectivity index (χ3n) is 3.52. The van der Waals surface area contributed by atoms with Gasteiger partial charge < -0.3 is 10.3 Å². The minimum absolute atomic E-state index is 0.0817. The van der Waals surface area contributed by atoms with Gasteiger partial charge in [0.2, 0.25) is 5.95 Å². The Morgan fingerprint density at radius 1 is 1.44 bits per heavy atom. The lowest BCUT2D eigenvalue weighted by molar-refractivity contribution is 0.575. The molecule has 1 aromatic heterocycles. The molecular weight excluding hydrogens is 250 g/mol. The van der Waals surface area contributed by atoms with E-state index in [2.05, 4.69) is 4.98 Å². The minimum atomic E-state index is -2.92. The van der Waals surface area contributed by atoms with Crippen LogP contribution in [0.1, 0.15) is 18.0 Å². The summed E-state index contributed by atoms with van der Waals surface area (Å²) < 4.78 is 25.0. The second-order valence-electron chi connectivity index (χ2n) is 4.84. The van der Waals surface area contributed by atoms with Gasteiger partial charge in [0.05, 0.1) is 28.6 Å². The number of rotatable bonds is 1. The third-order valence-corrected chi connectivity index (χ3v) is 5.27. The molecule has 1 aliphatic rings. The first kappa shape index (κ1) is 11.5. The lowest BCUT2D eigenvalue weighted by Crippen LogP contribution is -2.13. The fourth-order valence-electron chi connectivity index (χ4n) is 2.64. The van der Waals surface area contributed by atoms with Crippen molar-refractivity contribution in [3.63, 3.8) is 0 Å². The van der Waals surface area contributed by atoms with Crippen LogP contribution >= 0.6 is 0 Å². The molecule has 2 aromatic rings. The average molecular weight is 265 g/mol. The molecule has 0 bridgehead atoms. The lowest BCUT2D eigenvalue weighted by atomic mass is 10.2. The summed E-state index contributed by atoms with van der Waals surface area (Å²) in [4.78, 5) is 4.35. The molecule has 3 rings (SSSR count). The Hall–Kier alpha value is -1.56. The number of hydrogen-bond acceptors (Lipinski definition) is 4. The summed E-state index contributed by atoms with van der Waals surface area (Å²) in [6.45, 7) is 1.98. The molecule has 2 heterocycles. The maximum atomic E-state index is 11.6. The summed E-state index contributed by atoms with van der Waals surface area (Å²) in [5.74, 6) is 0.806. The van der Waals surface area contributed by atoms with Gasteiger partial charge in [-0.05, 0) is 25.0 Å². The highest BCUT2D eigenvalue weighted by Crippen LogP contribution is 2.31. The molecule has 0 spiro atoms. The first-order valence-corrected chi connectivity index (χ1v) is 7.73. The van der Waals surface area contributed by atoms with Crippen molar-refractivity contribution in [1.29, 1.82) is 0 Å². The molecule has 6 heteroatoms. The fourth-order valence-corrected chi connectivity index (χ4v) is 4.34. The largest absolute Gasteiger partial charge is 0.369 e. The van der Waals surface area contributed by atoms with Crippen molar-refractivity contribution in [3.05, 3.63) is 23.8 Å². The highest BCUT2D eigenvalue weighted by Gasteiger charge is 2.31. The standard InChI is InChI=1S/C12H15N3O2S/c1-8-3-2-4-10-11(8)14-12(13)15(10)9-5-6-18(16,17)7-9/h2-4,9H,5-7H2,1H3,(H2,13,14). The predicted octanol–water partition coefficient (Wildman–Crippen LogP) is 1.29. The molecule has 1 unspecified atom stereocenters. The van der Waals surface area contributed by atoms with Gasteiger partial charge in [-0.3, -0.25) is 0 Å². The van der Waals surface area contributed by atoms with E-state index >= 15 is 0 Å². The molecule has 1 aliphatic heterocycles. The quantitative estimate of drug-likeness (QED) is 0.842. The maximum Gasteiger partial charge on any atom is 0.201 e. The zero-order chi connectivity index (χ0) is 12.9. The first-order valence-electron chi connectivity index (χ1n) is 5.91. The van der Waals surface area contributed by atoms with E-state index in [1.54, 1.807) is 0 Å². The molecule has 0 saturated carbocycles. The van der Waals surface area contributed by atoms with E-state index in [0.29, 0.717) is 12.4 Å². The predicted molar refractivity (Wildman–Crippen MR) is 71.2 cm³/mol.